The van der Waals surface area contributed by atoms with Crippen LogP contribution in [-0.4, -0.2) is 56.8 Å². The third-order valence-corrected chi connectivity index (χ3v) is 5.67. The highest BCUT2D eigenvalue weighted by molar-refractivity contribution is 7.88. The number of amides is 1. The van der Waals surface area contributed by atoms with Crippen LogP contribution in [0.5, 0.6) is 0 Å². The molecule has 0 saturated carbocycles. The Labute approximate surface area is 147 Å². The molecule has 2 fully saturated rings. The molecule has 1 atom stereocenters. The maximum Gasteiger partial charge on any atom is 0.253 e. The van der Waals surface area contributed by atoms with Crippen LogP contribution in [0.25, 0.3) is 0 Å². The second-order valence-corrected chi connectivity index (χ2v) is 8.69. The van der Waals surface area contributed by atoms with Crippen molar-refractivity contribution in [3.63, 3.8) is 0 Å². The molecule has 2 aliphatic rings. The Hall–Kier alpha value is -1.51. The summed E-state index contributed by atoms with van der Waals surface area (Å²) < 4.78 is 44.9. The average Bonchev–Trinajstić information content (AvgIpc) is 2.53. The molecule has 1 amide bonds. The van der Waals surface area contributed by atoms with E-state index in [1.807, 2.05) is 0 Å². The van der Waals surface area contributed by atoms with E-state index in [1.165, 1.54) is 18.2 Å². The van der Waals surface area contributed by atoms with Gasteiger partial charge in [0.2, 0.25) is 10.0 Å². The zero-order valence-corrected chi connectivity index (χ0v) is 15.0. The molecule has 2 heterocycles. The molecule has 1 unspecified atom stereocenters. The van der Waals surface area contributed by atoms with E-state index in [9.17, 15) is 17.6 Å². The maximum atomic E-state index is 13.3. The first kappa shape index (κ1) is 18.3. The van der Waals surface area contributed by atoms with Crippen LogP contribution in [0.2, 0.25) is 0 Å². The third-order valence-electron chi connectivity index (χ3n) is 4.91. The van der Waals surface area contributed by atoms with E-state index in [-0.39, 0.29) is 17.6 Å². The SMILES string of the molecule is CS(=O)(=O)NC1CCOC2(CCN(C(=O)c3cccc(F)c3)CC2)C1. The number of rotatable bonds is 3. The highest BCUT2D eigenvalue weighted by atomic mass is 32.2. The zero-order chi connectivity index (χ0) is 18.1. The topological polar surface area (TPSA) is 75.7 Å². The van der Waals surface area contributed by atoms with Gasteiger partial charge in [-0.1, -0.05) is 6.07 Å². The lowest BCUT2D eigenvalue weighted by atomic mass is 9.82. The monoisotopic (exact) mass is 370 g/mol. The number of likely N-dealkylation sites (tertiary alicyclic amines) is 1. The molecule has 1 N–H and O–H groups in total. The largest absolute Gasteiger partial charge is 0.375 e. The van der Waals surface area contributed by atoms with Gasteiger partial charge in [-0.25, -0.2) is 17.5 Å². The predicted octanol–water partition coefficient (Wildman–Crippen LogP) is 1.53. The molecule has 2 aliphatic heterocycles. The van der Waals surface area contributed by atoms with Crippen molar-refractivity contribution in [2.45, 2.75) is 37.3 Å². The summed E-state index contributed by atoms with van der Waals surface area (Å²) in [5.41, 5.74) is -0.0450. The molecule has 1 spiro atoms. The minimum Gasteiger partial charge on any atom is -0.375 e. The van der Waals surface area contributed by atoms with Gasteiger partial charge in [-0.05, 0) is 43.9 Å². The Kier molecular flexibility index (Phi) is 5.13. The molecule has 0 radical (unpaired) electrons. The van der Waals surface area contributed by atoms with E-state index < -0.39 is 15.8 Å². The first-order valence-corrected chi connectivity index (χ1v) is 10.3. The fourth-order valence-electron chi connectivity index (χ4n) is 3.70. The molecular weight excluding hydrogens is 347 g/mol. The fourth-order valence-corrected chi connectivity index (χ4v) is 4.51. The summed E-state index contributed by atoms with van der Waals surface area (Å²) in [6.45, 7) is 1.53. The number of nitrogens with zero attached hydrogens (tertiary/aromatic N) is 1. The van der Waals surface area contributed by atoms with Crippen molar-refractivity contribution in [2.24, 2.45) is 0 Å². The summed E-state index contributed by atoms with van der Waals surface area (Å²) in [6, 6.07) is 5.57. The predicted molar refractivity (Wildman–Crippen MR) is 91.2 cm³/mol. The molecule has 2 saturated heterocycles. The average molecular weight is 370 g/mol. The Balaban J connectivity index is 1.62. The number of carbonyl (C=O) groups is 1. The van der Waals surface area contributed by atoms with Crippen LogP contribution in [-0.2, 0) is 14.8 Å². The quantitative estimate of drug-likeness (QED) is 0.876. The van der Waals surface area contributed by atoms with Crippen LogP contribution in [0, 0.1) is 5.82 Å². The normalized spacial score (nSPS) is 23.6. The van der Waals surface area contributed by atoms with Gasteiger partial charge in [0.15, 0.2) is 0 Å². The second-order valence-electron chi connectivity index (χ2n) is 6.91. The molecule has 3 rings (SSSR count). The summed E-state index contributed by atoms with van der Waals surface area (Å²) in [5.74, 6) is -0.611. The Morgan fingerprint density at radius 2 is 2.08 bits per heavy atom. The van der Waals surface area contributed by atoms with Gasteiger partial charge < -0.3 is 9.64 Å². The van der Waals surface area contributed by atoms with Crippen molar-refractivity contribution >= 4 is 15.9 Å². The molecule has 8 heteroatoms. The highest BCUT2D eigenvalue weighted by Gasteiger charge is 2.41. The van der Waals surface area contributed by atoms with Crippen LogP contribution >= 0.6 is 0 Å². The minimum absolute atomic E-state index is 0.130. The number of sulfonamides is 1. The number of benzene rings is 1. The molecular formula is C17H23FN2O4S. The smallest absolute Gasteiger partial charge is 0.253 e. The summed E-state index contributed by atoms with van der Waals surface area (Å²) in [5, 5.41) is 0. The lowest BCUT2D eigenvalue weighted by Crippen LogP contribution is -2.54. The van der Waals surface area contributed by atoms with Gasteiger partial charge in [-0.15, -0.1) is 0 Å². The van der Waals surface area contributed by atoms with Gasteiger partial charge in [-0.2, -0.15) is 0 Å². The van der Waals surface area contributed by atoms with Crippen molar-refractivity contribution in [3.05, 3.63) is 35.6 Å². The highest BCUT2D eigenvalue weighted by Crippen LogP contribution is 2.35. The number of nitrogens with one attached hydrogen (secondary N) is 1. The Bertz CT molecular complexity index is 745. The molecule has 1 aromatic carbocycles. The van der Waals surface area contributed by atoms with Crippen LogP contribution in [0.15, 0.2) is 24.3 Å². The van der Waals surface area contributed by atoms with Crippen molar-refractivity contribution in [1.82, 2.24) is 9.62 Å². The van der Waals surface area contributed by atoms with Gasteiger partial charge in [0.05, 0.1) is 11.9 Å². The first-order valence-electron chi connectivity index (χ1n) is 8.42. The van der Waals surface area contributed by atoms with Gasteiger partial charge in [0, 0.05) is 31.3 Å². The molecule has 0 aliphatic carbocycles. The third kappa shape index (κ3) is 4.56. The van der Waals surface area contributed by atoms with Crippen LogP contribution < -0.4 is 4.72 Å². The van der Waals surface area contributed by atoms with E-state index in [0.29, 0.717) is 50.9 Å². The summed E-state index contributed by atoms with van der Waals surface area (Å²) in [7, 11) is -3.25. The standard InChI is InChI=1S/C17H23FN2O4S/c1-25(22,23)19-15-5-10-24-17(12-15)6-8-20(9-7-17)16(21)13-3-2-4-14(18)11-13/h2-4,11,15,19H,5-10,12H2,1H3. The van der Waals surface area contributed by atoms with Crippen LogP contribution in [0.3, 0.4) is 0 Å². The van der Waals surface area contributed by atoms with Crippen molar-refractivity contribution in [3.8, 4) is 0 Å². The number of hydrogen-bond acceptors (Lipinski definition) is 4. The number of halogens is 1. The summed E-state index contributed by atoms with van der Waals surface area (Å²) in [6.07, 6.45) is 3.73. The number of ether oxygens (including phenoxy) is 1. The fraction of sp³-hybridized carbons (Fsp3) is 0.588. The Morgan fingerprint density at radius 3 is 2.72 bits per heavy atom. The molecule has 1 aromatic rings. The van der Waals surface area contributed by atoms with Gasteiger partial charge in [0.1, 0.15) is 5.82 Å². The lowest BCUT2D eigenvalue weighted by Gasteiger charge is -2.46. The van der Waals surface area contributed by atoms with Crippen LogP contribution in [0.4, 0.5) is 4.39 Å². The molecule has 0 aromatic heterocycles. The lowest BCUT2D eigenvalue weighted by molar-refractivity contribution is -0.113. The van der Waals surface area contributed by atoms with E-state index in [4.69, 9.17) is 4.74 Å². The number of hydrogen-bond donors (Lipinski definition) is 1. The summed E-state index contributed by atoms with van der Waals surface area (Å²) in [4.78, 5) is 14.2. The summed E-state index contributed by atoms with van der Waals surface area (Å²) >= 11 is 0. The maximum absolute atomic E-state index is 13.3. The number of piperidine rings is 1. The molecule has 25 heavy (non-hydrogen) atoms. The van der Waals surface area contributed by atoms with E-state index in [2.05, 4.69) is 4.72 Å². The molecule has 0 bridgehead atoms. The minimum atomic E-state index is -3.25. The van der Waals surface area contributed by atoms with Crippen molar-refractivity contribution in [2.75, 3.05) is 26.0 Å². The van der Waals surface area contributed by atoms with Crippen LogP contribution in [0.1, 0.15) is 36.0 Å². The van der Waals surface area contributed by atoms with E-state index in [0.717, 1.165) is 6.26 Å². The first-order chi connectivity index (χ1) is 11.8. The number of carbonyl (C=O) groups excluding carboxylic acids is 1. The van der Waals surface area contributed by atoms with Crippen molar-refractivity contribution in [1.29, 1.82) is 0 Å². The molecule has 138 valence electrons. The van der Waals surface area contributed by atoms with E-state index in [1.54, 1.807) is 11.0 Å². The van der Waals surface area contributed by atoms with Crippen molar-refractivity contribution < 1.29 is 22.3 Å². The van der Waals surface area contributed by atoms with Gasteiger partial charge in [-0.3, -0.25) is 4.79 Å². The van der Waals surface area contributed by atoms with Gasteiger partial charge >= 0.3 is 0 Å². The Morgan fingerprint density at radius 1 is 1.36 bits per heavy atom. The second kappa shape index (κ2) is 7.01. The zero-order valence-electron chi connectivity index (χ0n) is 14.2. The molecule has 6 nitrogen and oxygen atoms in total. The van der Waals surface area contributed by atoms with Gasteiger partial charge in [0.25, 0.3) is 5.91 Å². The van der Waals surface area contributed by atoms with E-state index >= 15 is 0 Å².